The summed E-state index contributed by atoms with van der Waals surface area (Å²) in [6, 6.07) is 16.8. The smallest absolute Gasteiger partial charge is 0.258 e. The molecule has 22 heavy (non-hydrogen) atoms. The highest BCUT2D eigenvalue weighted by Gasteiger charge is 2.23. The second-order valence-corrected chi connectivity index (χ2v) is 5.52. The number of carbonyl (C=O) groups excluding carboxylic acids is 1. The van der Waals surface area contributed by atoms with Crippen molar-refractivity contribution in [2.75, 3.05) is 13.2 Å². The van der Waals surface area contributed by atoms with E-state index in [4.69, 9.17) is 4.74 Å². The van der Waals surface area contributed by atoms with Crippen LogP contribution < -0.4 is 10.1 Å². The Morgan fingerprint density at radius 3 is 2.59 bits per heavy atom. The molecule has 4 heteroatoms. The van der Waals surface area contributed by atoms with Gasteiger partial charge < -0.3 is 15.2 Å². The van der Waals surface area contributed by atoms with Crippen molar-refractivity contribution in [2.24, 2.45) is 0 Å². The third-order valence-corrected chi connectivity index (χ3v) is 3.38. The van der Waals surface area contributed by atoms with Gasteiger partial charge in [-0.25, -0.2) is 0 Å². The molecular weight excluding hydrogens is 278 g/mol. The second kappa shape index (κ2) is 7.09. The number of nitrogens with one attached hydrogen (secondary N) is 1. The predicted molar refractivity (Wildman–Crippen MR) is 85.7 cm³/mol. The first-order valence-electron chi connectivity index (χ1n) is 7.21. The maximum atomic E-state index is 11.8. The molecule has 116 valence electrons. The van der Waals surface area contributed by atoms with Gasteiger partial charge in [0.2, 0.25) is 0 Å². The Labute approximate surface area is 130 Å². The van der Waals surface area contributed by atoms with E-state index < -0.39 is 5.60 Å². The number of ether oxygens (including phenoxy) is 1. The lowest BCUT2D eigenvalue weighted by atomic mass is 9.96. The van der Waals surface area contributed by atoms with Gasteiger partial charge in [-0.3, -0.25) is 4.79 Å². The van der Waals surface area contributed by atoms with Crippen molar-refractivity contribution in [3.05, 3.63) is 65.7 Å². The molecule has 4 nitrogen and oxygen atoms in total. The summed E-state index contributed by atoms with van der Waals surface area (Å²) < 4.78 is 5.43. The third kappa shape index (κ3) is 4.60. The maximum Gasteiger partial charge on any atom is 0.258 e. The minimum Gasteiger partial charge on any atom is -0.484 e. The predicted octanol–water partition coefficient (Wildman–Crippen LogP) is 2.40. The minimum absolute atomic E-state index is 0.0751. The monoisotopic (exact) mass is 299 g/mol. The molecule has 0 saturated carbocycles. The molecule has 0 aliphatic rings. The molecule has 2 N–H and O–H groups in total. The van der Waals surface area contributed by atoms with Crippen LogP contribution in [0.15, 0.2) is 54.6 Å². The summed E-state index contributed by atoms with van der Waals surface area (Å²) >= 11 is 0. The highest BCUT2D eigenvalue weighted by atomic mass is 16.5. The Balaban J connectivity index is 1.82. The molecule has 0 saturated heterocycles. The van der Waals surface area contributed by atoms with E-state index in [2.05, 4.69) is 5.32 Å². The fourth-order valence-corrected chi connectivity index (χ4v) is 2.08. The first-order valence-corrected chi connectivity index (χ1v) is 7.21. The van der Waals surface area contributed by atoms with Gasteiger partial charge in [0, 0.05) is 0 Å². The molecule has 1 amide bonds. The van der Waals surface area contributed by atoms with Crippen molar-refractivity contribution >= 4 is 5.91 Å². The van der Waals surface area contributed by atoms with Crippen LogP contribution >= 0.6 is 0 Å². The number of hydrogen-bond donors (Lipinski definition) is 2. The first-order chi connectivity index (χ1) is 10.5. The summed E-state index contributed by atoms with van der Waals surface area (Å²) in [5.41, 5.74) is 0.722. The molecule has 2 aromatic rings. The van der Waals surface area contributed by atoms with Gasteiger partial charge >= 0.3 is 0 Å². The van der Waals surface area contributed by atoms with E-state index in [-0.39, 0.29) is 19.1 Å². The minimum atomic E-state index is -1.11. The highest BCUT2D eigenvalue weighted by molar-refractivity contribution is 5.77. The lowest BCUT2D eigenvalue weighted by Crippen LogP contribution is -2.40. The summed E-state index contributed by atoms with van der Waals surface area (Å²) in [7, 11) is 0. The first kappa shape index (κ1) is 16.0. The Bertz CT molecular complexity index is 623. The van der Waals surface area contributed by atoms with Gasteiger partial charge in [-0.05, 0) is 37.1 Å². The number of carbonyl (C=O) groups is 1. The van der Waals surface area contributed by atoms with Gasteiger partial charge in [0.15, 0.2) is 6.61 Å². The van der Waals surface area contributed by atoms with Gasteiger partial charge in [0.25, 0.3) is 5.91 Å². The molecule has 0 fully saturated rings. The summed E-state index contributed by atoms with van der Waals surface area (Å²) in [4.78, 5) is 11.8. The zero-order valence-electron chi connectivity index (χ0n) is 12.9. The van der Waals surface area contributed by atoms with E-state index in [0.717, 1.165) is 11.1 Å². The van der Waals surface area contributed by atoms with Crippen LogP contribution in [0.4, 0.5) is 0 Å². The summed E-state index contributed by atoms with van der Waals surface area (Å²) in [6.45, 7) is 3.69. The van der Waals surface area contributed by atoms with E-state index in [1.165, 1.54) is 0 Å². The van der Waals surface area contributed by atoms with E-state index >= 15 is 0 Å². The lowest BCUT2D eigenvalue weighted by Gasteiger charge is -2.24. The molecule has 1 atom stereocenters. The standard InChI is InChI=1S/C18H21NO3/c1-14-7-6-10-16(11-14)22-12-17(20)19-13-18(2,21)15-8-4-3-5-9-15/h3-11,21H,12-13H2,1-2H3,(H,19,20). The molecule has 0 aliphatic heterocycles. The van der Waals surface area contributed by atoms with E-state index in [1.54, 1.807) is 13.0 Å². The SMILES string of the molecule is Cc1cccc(OCC(=O)NCC(C)(O)c2ccccc2)c1. The Kier molecular flexibility index (Phi) is 5.17. The summed E-state index contributed by atoms with van der Waals surface area (Å²) in [5, 5.41) is 13.1. The van der Waals surface area contributed by atoms with Crippen molar-refractivity contribution in [1.82, 2.24) is 5.32 Å². The van der Waals surface area contributed by atoms with Crippen LogP contribution in [0.25, 0.3) is 0 Å². The number of aryl methyl sites for hydroxylation is 1. The van der Waals surface area contributed by atoms with Crippen molar-refractivity contribution < 1.29 is 14.6 Å². The summed E-state index contributed by atoms with van der Waals surface area (Å²) in [5.74, 6) is 0.391. The molecule has 0 aliphatic carbocycles. The van der Waals surface area contributed by atoms with Gasteiger partial charge in [-0.2, -0.15) is 0 Å². The normalized spacial score (nSPS) is 13.2. The average molecular weight is 299 g/mol. The Morgan fingerprint density at radius 1 is 1.18 bits per heavy atom. The van der Waals surface area contributed by atoms with Crippen molar-refractivity contribution in [3.8, 4) is 5.75 Å². The quantitative estimate of drug-likeness (QED) is 0.861. The number of benzene rings is 2. The van der Waals surface area contributed by atoms with Gasteiger partial charge in [0.1, 0.15) is 11.4 Å². The highest BCUT2D eigenvalue weighted by Crippen LogP contribution is 2.18. The average Bonchev–Trinajstić information content (AvgIpc) is 2.52. The van der Waals surface area contributed by atoms with Crippen LogP contribution in [0.1, 0.15) is 18.1 Å². The van der Waals surface area contributed by atoms with Gasteiger partial charge in [-0.15, -0.1) is 0 Å². The molecule has 0 spiro atoms. The number of rotatable bonds is 6. The zero-order valence-corrected chi connectivity index (χ0v) is 12.9. The van der Waals surface area contributed by atoms with Crippen LogP contribution in [0, 0.1) is 6.92 Å². The molecule has 0 aromatic heterocycles. The van der Waals surface area contributed by atoms with Gasteiger partial charge in [-0.1, -0.05) is 42.5 Å². The zero-order chi connectivity index (χ0) is 16.0. The largest absolute Gasteiger partial charge is 0.484 e. The number of amides is 1. The van der Waals surface area contributed by atoms with Crippen molar-refractivity contribution in [3.63, 3.8) is 0 Å². The van der Waals surface area contributed by atoms with Crippen LogP contribution in [0.5, 0.6) is 5.75 Å². The molecule has 0 radical (unpaired) electrons. The Hall–Kier alpha value is -2.33. The lowest BCUT2D eigenvalue weighted by molar-refractivity contribution is -0.124. The van der Waals surface area contributed by atoms with Gasteiger partial charge in [0.05, 0.1) is 6.54 Å². The van der Waals surface area contributed by atoms with E-state index in [9.17, 15) is 9.90 Å². The molecule has 2 aromatic carbocycles. The maximum absolute atomic E-state index is 11.8. The van der Waals surface area contributed by atoms with Crippen LogP contribution in [0.2, 0.25) is 0 Å². The molecule has 1 unspecified atom stereocenters. The number of hydrogen-bond acceptors (Lipinski definition) is 3. The fourth-order valence-electron chi connectivity index (χ4n) is 2.08. The van der Waals surface area contributed by atoms with Crippen LogP contribution in [-0.4, -0.2) is 24.2 Å². The number of aliphatic hydroxyl groups is 1. The second-order valence-electron chi connectivity index (χ2n) is 5.52. The van der Waals surface area contributed by atoms with Crippen molar-refractivity contribution in [2.45, 2.75) is 19.4 Å². The van der Waals surface area contributed by atoms with Crippen LogP contribution in [0.3, 0.4) is 0 Å². The van der Waals surface area contributed by atoms with Crippen molar-refractivity contribution in [1.29, 1.82) is 0 Å². The van der Waals surface area contributed by atoms with E-state index in [0.29, 0.717) is 5.75 Å². The summed E-state index contributed by atoms with van der Waals surface area (Å²) in [6.07, 6.45) is 0. The molecule has 0 heterocycles. The molecule has 2 rings (SSSR count). The Morgan fingerprint density at radius 2 is 1.91 bits per heavy atom. The third-order valence-electron chi connectivity index (χ3n) is 3.38. The molecular formula is C18H21NO3. The van der Waals surface area contributed by atoms with Crippen LogP contribution in [-0.2, 0) is 10.4 Å². The topological polar surface area (TPSA) is 58.6 Å². The van der Waals surface area contributed by atoms with E-state index in [1.807, 2.05) is 55.5 Å². The molecule has 0 bridgehead atoms. The fraction of sp³-hybridized carbons (Fsp3) is 0.278.